The highest BCUT2D eigenvalue weighted by Crippen LogP contribution is 2.23. The Morgan fingerprint density at radius 3 is 2.46 bits per heavy atom. The minimum Gasteiger partial charge on any atom is -0.451 e. The number of fused-ring (bicyclic) bond motifs is 1. The van der Waals surface area contributed by atoms with E-state index in [1.165, 1.54) is 31.2 Å². The van der Waals surface area contributed by atoms with Crippen molar-refractivity contribution in [1.82, 2.24) is 4.98 Å². The molecule has 5 nitrogen and oxygen atoms in total. The molecule has 1 aromatic heterocycles. The summed E-state index contributed by atoms with van der Waals surface area (Å²) >= 11 is 0. The van der Waals surface area contributed by atoms with Gasteiger partial charge in [0.05, 0.1) is 0 Å². The van der Waals surface area contributed by atoms with Gasteiger partial charge in [-0.1, -0.05) is 30.3 Å². The van der Waals surface area contributed by atoms with Crippen LogP contribution in [-0.4, -0.2) is 29.5 Å². The highest BCUT2D eigenvalue weighted by molar-refractivity contribution is 6.10. The standard InChI is InChI=1S/C19H15F2NO4/c1-11(17(23)14-10-22-15-8-4-2-6-12(14)15)25-18(24)13-7-3-5-9-16(13)26-19(20)21/h2-11,19,22H,1H3/t11-/m1/s1. The second kappa shape index (κ2) is 7.35. The molecule has 1 N–H and O–H groups in total. The second-order valence-electron chi connectivity index (χ2n) is 5.53. The number of esters is 1. The monoisotopic (exact) mass is 359 g/mol. The van der Waals surface area contributed by atoms with Crippen LogP contribution in [0.1, 0.15) is 27.6 Å². The van der Waals surface area contributed by atoms with E-state index in [1.54, 1.807) is 18.3 Å². The summed E-state index contributed by atoms with van der Waals surface area (Å²) in [6.45, 7) is -1.65. The molecule has 0 bridgehead atoms. The van der Waals surface area contributed by atoms with Crippen molar-refractivity contribution < 1.29 is 27.8 Å². The molecule has 0 unspecified atom stereocenters. The van der Waals surface area contributed by atoms with Crippen LogP contribution >= 0.6 is 0 Å². The van der Waals surface area contributed by atoms with Crippen LogP contribution in [0.25, 0.3) is 10.9 Å². The first kappa shape index (κ1) is 17.6. The number of rotatable bonds is 6. The molecule has 0 aliphatic carbocycles. The topological polar surface area (TPSA) is 68.4 Å². The third kappa shape index (κ3) is 3.56. The van der Waals surface area contributed by atoms with Crippen molar-refractivity contribution >= 4 is 22.7 Å². The van der Waals surface area contributed by atoms with Crippen molar-refractivity contribution in [3.05, 3.63) is 65.9 Å². The molecule has 3 aromatic rings. The van der Waals surface area contributed by atoms with Crippen LogP contribution < -0.4 is 4.74 Å². The average Bonchev–Trinajstić information content (AvgIpc) is 3.05. The number of carbonyl (C=O) groups excluding carboxylic acids is 2. The number of nitrogens with one attached hydrogen (secondary N) is 1. The van der Waals surface area contributed by atoms with E-state index in [-0.39, 0.29) is 11.3 Å². The zero-order valence-electron chi connectivity index (χ0n) is 13.7. The number of hydrogen-bond acceptors (Lipinski definition) is 4. The maximum atomic E-state index is 12.6. The Labute approximate surface area is 147 Å². The van der Waals surface area contributed by atoms with Crippen molar-refractivity contribution in [2.24, 2.45) is 0 Å². The number of benzene rings is 2. The smallest absolute Gasteiger partial charge is 0.387 e. The molecule has 134 valence electrons. The van der Waals surface area contributed by atoms with E-state index in [0.29, 0.717) is 10.9 Å². The first-order valence-corrected chi connectivity index (χ1v) is 7.82. The van der Waals surface area contributed by atoms with Gasteiger partial charge in [-0.15, -0.1) is 0 Å². The van der Waals surface area contributed by atoms with Crippen LogP contribution in [0.4, 0.5) is 8.78 Å². The lowest BCUT2D eigenvalue weighted by molar-refractivity contribution is -0.0505. The first-order valence-electron chi connectivity index (χ1n) is 7.82. The van der Waals surface area contributed by atoms with Crippen LogP contribution in [0, 0.1) is 0 Å². The van der Waals surface area contributed by atoms with E-state index in [1.807, 2.05) is 12.1 Å². The molecule has 0 aliphatic heterocycles. The zero-order valence-corrected chi connectivity index (χ0v) is 13.7. The minimum atomic E-state index is -3.07. The summed E-state index contributed by atoms with van der Waals surface area (Å²) in [5, 5.41) is 0.710. The van der Waals surface area contributed by atoms with Crippen LogP contribution in [-0.2, 0) is 4.74 Å². The summed E-state index contributed by atoms with van der Waals surface area (Å²) < 4.78 is 34.4. The molecular formula is C19H15F2NO4. The molecule has 0 amide bonds. The van der Waals surface area contributed by atoms with Gasteiger partial charge in [0.2, 0.25) is 5.78 Å². The van der Waals surface area contributed by atoms with Gasteiger partial charge in [-0.2, -0.15) is 8.78 Å². The highest BCUT2D eigenvalue weighted by Gasteiger charge is 2.24. The average molecular weight is 359 g/mol. The van der Waals surface area contributed by atoms with Crippen molar-refractivity contribution in [3.63, 3.8) is 0 Å². The Balaban J connectivity index is 1.78. The molecule has 0 saturated carbocycles. The number of ether oxygens (including phenoxy) is 2. The maximum absolute atomic E-state index is 12.6. The SMILES string of the molecule is C[C@@H](OC(=O)c1ccccc1OC(F)F)C(=O)c1c[nH]c2ccccc12. The van der Waals surface area contributed by atoms with E-state index < -0.39 is 24.5 Å². The van der Waals surface area contributed by atoms with Crippen molar-refractivity contribution in [2.75, 3.05) is 0 Å². The lowest BCUT2D eigenvalue weighted by atomic mass is 10.1. The predicted octanol–water partition coefficient (Wildman–Crippen LogP) is 4.20. The van der Waals surface area contributed by atoms with E-state index in [4.69, 9.17) is 4.74 Å². The lowest BCUT2D eigenvalue weighted by Gasteiger charge is -2.14. The predicted molar refractivity (Wildman–Crippen MR) is 90.6 cm³/mol. The third-order valence-corrected chi connectivity index (χ3v) is 3.83. The van der Waals surface area contributed by atoms with Crippen molar-refractivity contribution in [1.29, 1.82) is 0 Å². The molecule has 0 radical (unpaired) electrons. The van der Waals surface area contributed by atoms with Gasteiger partial charge in [0.25, 0.3) is 0 Å². The Morgan fingerprint density at radius 2 is 1.69 bits per heavy atom. The number of alkyl halides is 2. The molecule has 0 aliphatic rings. The number of para-hydroxylation sites is 2. The van der Waals surface area contributed by atoms with Crippen molar-refractivity contribution in [3.8, 4) is 5.75 Å². The van der Waals surface area contributed by atoms with Crippen LogP contribution in [0.2, 0.25) is 0 Å². The summed E-state index contributed by atoms with van der Waals surface area (Å²) in [4.78, 5) is 27.9. The highest BCUT2D eigenvalue weighted by atomic mass is 19.3. The Morgan fingerprint density at radius 1 is 1.00 bits per heavy atom. The van der Waals surface area contributed by atoms with Gasteiger partial charge in [-0.05, 0) is 25.1 Å². The normalized spacial score (nSPS) is 12.2. The number of Topliss-reactive ketones (excluding diaryl/α,β-unsaturated/α-hetero) is 1. The minimum absolute atomic E-state index is 0.175. The molecule has 26 heavy (non-hydrogen) atoms. The van der Waals surface area contributed by atoms with Crippen molar-refractivity contribution in [2.45, 2.75) is 19.6 Å². The zero-order chi connectivity index (χ0) is 18.7. The van der Waals surface area contributed by atoms with Crippen LogP contribution in [0.5, 0.6) is 5.75 Å². The number of aromatic amines is 1. The molecule has 2 aromatic carbocycles. The molecular weight excluding hydrogens is 344 g/mol. The number of hydrogen-bond donors (Lipinski definition) is 1. The third-order valence-electron chi connectivity index (χ3n) is 3.83. The number of ketones is 1. The Bertz CT molecular complexity index is 951. The molecule has 0 spiro atoms. The molecule has 1 heterocycles. The number of H-pyrrole nitrogens is 1. The second-order valence-corrected chi connectivity index (χ2v) is 5.53. The van der Waals surface area contributed by atoms with E-state index in [0.717, 1.165) is 5.52 Å². The fraction of sp³-hybridized carbons (Fsp3) is 0.158. The van der Waals surface area contributed by atoms with E-state index in [9.17, 15) is 18.4 Å². The van der Waals surface area contributed by atoms with Crippen LogP contribution in [0.3, 0.4) is 0 Å². The first-order chi connectivity index (χ1) is 12.5. The van der Waals surface area contributed by atoms with Gasteiger partial charge in [0.1, 0.15) is 11.3 Å². The molecule has 1 atom stereocenters. The number of aromatic nitrogens is 1. The summed E-state index contributed by atoms with van der Waals surface area (Å²) in [5.74, 6) is -1.62. The fourth-order valence-corrected chi connectivity index (χ4v) is 2.61. The summed E-state index contributed by atoms with van der Waals surface area (Å²) in [5.41, 5.74) is 0.995. The number of halogens is 2. The van der Waals surface area contributed by atoms with Gasteiger partial charge in [0.15, 0.2) is 6.10 Å². The Hall–Kier alpha value is -3.22. The number of carbonyl (C=O) groups is 2. The van der Waals surface area contributed by atoms with Crippen LogP contribution in [0.15, 0.2) is 54.7 Å². The van der Waals surface area contributed by atoms with Gasteiger partial charge in [-0.3, -0.25) is 4.79 Å². The van der Waals surface area contributed by atoms with E-state index >= 15 is 0 Å². The largest absolute Gasteiger partial charge is 0.451 e. The molecule has 0 saturated heterocycles. The summed E-state index contributed by atoms with van der Waals surface area (Å²) in [6.07, 6.45) is 0.451. The molecule has 0 fully saturated rings. The maximum Gasteiger partial charge on any atom is 0.387 e. The lowest BCUT2D eigenvalue weighted by Crippen LogP contribution is -2.24. The van der Waals surface area contributed by atoms with E-state index in [2.05, 4.69) is 9.72 Å². The fourth-order valence-electron chi connectivity index (χ4n) is 2.61. The summed E-state index contributed by atoms with van der Waals surface area (Å²) in [7, 11) is 0. The van der Waals surface area contributed by atoms with Gasteiger partial charge in [-0.25, -0.2) is 4.79 Å². The van der Waals surface area contributed by atoms with Gasteiger partial charge in [0, 0.05) is 22.7 Å². The molecule has 7 heteroatoms. The summed E-state index contributed by atoms with van der Waals surface area (Å²) in [6, 6.07) is 12.7. The van der Waals surface area contributed by atoms with Gasteiger partial charge < -0.3 is 14.5 Å². The quantitative estimate of drug-likeness (QED) is 0.529. The Kier molecular flexibility index (Phi) is 4.97. The molecule has 3 rings (SSSR count). The van der Waals surface area contributed by atoms with Gasteiger partial charge >= 0.3 is 12.6 Å².